The SMILES string of the molecule is ClC(c1ccccc1Br)c1csc2c(Br)cccc12. The molecule has 1 atom stereocenters. The Kier molecular flexibility index (Phi) is 3.99. The van der Waals surface area contributed by atoms with Gasteiger partial charge in [-0.25, -0.2) is 0 Å². The first-order chi connectivity index (χ1) is 9.18. The third-order valence-electron chi connectivity index (χ3n) is 3.03. The van der Waals surface area contributed by atoms with Crippen LogP contribution in [0.25, 0.3) is 10.1 Å². The number of hydrogen-bond donors (Lipinski definition) is 0. The molecule has 0 aliphatic heterocycles. The molecule has 0 saturated heterocycles. The zero-order chi connectivity index (χ0) is 13.4. The fourth-order valence-electron chi connectivity index (χ4n) is 2.09. The van der Waals surface area contributed by atoms with Gasteiger partial charge in [0.1, 0.15) is 0 Å². The van der Waals surface area contributed by atoms with E-state index in [4.69, 9.17) is 11.6 Å². The summed E-state index contributed by atoms with van der Waals surface area (Å²) in [6, 6.07) is 14.3. The lowest BCUT2D eigenvalue weighted by Crippen LogP contribution is -1.93. The molecule has 0 aliphatic rings. The van der Waals surface area contributed by atoms with Crippen LogP contribution in [-0.4, -0.2) is 0 Å². The zero-order valence-electron chi connectivity index (χ0n) is 9.74. The molecular weight excluding hydrogens is 407 g/mol. The maximum atomic E-state index is 6.67. The number of alkyl halides is 1. The Labute approximate surface area is 137 Å². The van der Waals surface area contributed by atoms with Gasteiger partial charge < -0.3 is 0 Å². The van der Waals surface area contributed by atoms with Crippen LogP contribution in [0, 0.1) is 0 Å². The quantitative estimate of drug-likeness (QED) is 0.405. The zero-order valence-corrected chi connectivity index (χ0v) is 14.5. The van der Waals surface area contributed by atoms with Gasteiger partial charge >= 0.3 is 0 Å². The van der Waals surface area contributed by atoms with Gasteiger partial charge in [-0.15, -0.1) is 22.9 Å². The smallest absolute Gasteiger partial charge is 0.0860 e. The Morgan fingerprint density at radius 2 is 1.63 bits per heavy atom. The Hall–Kier alpha value is -0.350. The second-order valence-corrected chi connectivity index (χ2v) is 7.22. The molecule has 0 radical (unpaired) electrons. The van der Waals surface area contributed by atoms with E-state index in [1.165, 1.54) is 10.1 Å². The minimum absolute atomic E-state index is 0.140. The van der Waals surface area contributed by atoms with Crippen molar-refractivity contribution < 1.29 is 0 Å². The summed E-state index contributed by atoms with van der Waals surface area (Å²) in [4.78, 5) is 0. The van der Waals surface area contributed by atoms with Gasteiger partial charge in [-0.1, -0.05) is 46.3 Å². The molecular formula is C15H9Br2ClS. The highest BCUT2D eigenvalue weighted by Gasteiger charge is 2.18. The van der Waals surface area contributed by atoms with Crippen LogP contribution in [0.2, 0.25) is 0 Å². The highest BCUT2D eigenvalue weighted by atomic mass is 79.9. The van der Waals surface area contributed by atoms with E-state index < -0.39 is 0 Å². The first kappa shape index (κ1) is 13.6. The van der Waals surface area contributed by atoms with Crippen LogP contribution in [-0.2, 0) is 0 Å². The minimum atomic E-state index is -0.140. The van der Waals surface area contributed by atoms with Gasteiger partial charge in [0.15, 0.2) is 0 Å². The average molecular weight is 417 g/mol. The third-order valence-corrected chi connectivity index (χ3v) is 6.20. The molecule has 19 heavy (non-hydrogen) atoms. The van der Waals surface area contributed by atoms with E-state index in [2.05, 4.69) is 55.4 Å². The normalized spacial score (nSPS) is 12.8. The standard InChI is InChI=1S/C15H9Br2ClS/c16-12-6-2-1-4-10(12)14(18)11-8-19-15-9(11)5-3-7-13(15)17/h1-8,14H. The van der Waals surface area contributed by atoms with Crippen LogP contribution in [0.3, 0.4) is 0 Å². The summed E-state index contributed by atoms with van der Waals surface area (Å²) in [6.45, 7) is 0. The number of thiophene rings is 1. The van der Waals surface area contributed by atoms with Gasteiger partial charge in [0.25, 0.3) is 0 Å². The Balaban J connectivity index is 2.15. The molecule has 1 heterocycles. The summed E-state index contributed by atoms with van der Waals surface area (Å²) in [6.07, 6.45) is 0. The van der Waals surface area contributed by atoms with Crippen molar-refractivity contribution in [3.8, 4) is 0 Å². The molecule has 2 aromatic carbocycles. The van der Waals surface area contributed by atoms with E-state index in [1.54, 1.807) is 11.3 Å². The van der Waals surface area contributed by atoms with Crippen molar-refractivity contribution in [1.29, 1.82) is 0 Å². The van der Waals surface area contributed by atoms with Crippen LogP contribution in [0.4, 0.5) is 0 Å². The van der Waals surface area contributed by atoms with E-state index in [9.17, 15) is 0 Å². The average Bonchev–Trinajstić information content (AvgIpc) is 2.84. The van der Waals surface area contributed by atoms with Crippen molar-refractivity contribution in [1.82, 2.24) is 0 Å². The third kappa shape index (κ3) is 2.49. The Bertz CT molecular complexity index is 736. The van der Waals surface area contributed by atoms with Crippen molar-refractivity contribution in [2.75, 3.05) is 0 Å². The predicted octanol–water partition coefficient (Wildman–Crippen LogP) is 6.75. The molecule has 4 heteroatoms. The van der Waals surface area contributed by atoms with Crippen molar-refractivity contribution >= 4 is 64.9 Å². The van der Waals surface area contributed by atoms with E-state index in [1.807, 2.05) is 24.3 Å². The lowest BCUT2D eigenvalue weighted by Gasteiger charge is -2.11. The molecule has 0 amide bonds. The highest BCUT2D eigenvalue weighted by molar-refractivity contribution is 9.11. The number of rotatable bonds is 2. The number of fused-ring (bicyclic) bond motifs is 1. The number of hydrogen-bond acceptors (Lipinski definition) is 1. The lowest BCUT2D eigenvalue weighted by atomic mass is 10.0. The van der Waals surface area contributed by atoms with Gasteiger partial charge in [0.05, 0.1) is 5.38 Å². The molecule has 0 N–H and O–H groups in total. The minimum Gasteiger partial charge on any atom is -0.142 e. The fourth-order valence-corrected chi connectivity index (χ4v) is 4.83. The molecule has 0 saturated carbocycles. The van der Waals surface area contributed by atoms with Crippen LogP contribution < -0.4 is 0 Å². The Morgan fingerprint density at radius 1 is 0.895 bits per heavy atom. The summed E-state index contributed by atoms with van der Waals surface area (Å²) in [5.74, 6) is 0. The molecule has 1 unspecified atom stereocenters. The molecule has 3 aromatic rings. The molecule has 1 aromatic heterocycles. The first-order valence-electron chi connectivity index (χ1n) is 5.72. The molecule has 0 nitrogen and oxygen atoms in total. The summed E-state index contributed by atoms with van der Waals surface area (Å²) < 4.78 is 3.41. The maximum absolute atomic E-state index is 6.67. The summed E-state index contributed by atoms with van der Waals surface area (Å²) in [5, 5.41) is 3.22. The van der Waals surface area contributed by atoms with Crippen LogP contribution in [0.5, 0.6) is 0 Å². The van der Waals surface area contributed by atoms with E-state index in [0.29, 0.717) is 0 Å². The molecule has 0 fully saturated rings. The van der Waals surface area contributed by atoms with Crippen LogP contribution >= 0.6 is 54.8 Å². The van der Waals surface area contributed by atoms with Crippen molar-refractivity contribution in [2.24, 2.45) is 0 Å². The topological polar surface area (TPSA) is 0 Å². The van der Waals surface area contributed by atoms with Crippen molar-refractivity contribution in [3.63, 3.8) is 0 Å². The monoisotopic (exact) mass is 414 g/mol. The van der Waals surface area contributed by atoms with Crippen molar-refractivity contribution in [2.45, 2.75) is 5.38 Å². The van der Waals surface area contributed by atoms with E-state index >= 15 is 0 Å². The van der Waals surface area contributed by atoms with Gasteiger partial charge in [-0.3, -0.25) is 0 Å². The van der Waals surface area contributed by atoms with E-state index in [0.717, 1.165) is 20.1 Å². The van der Waals surface area contributed by atoms with Gasteiger partial charge in [-0.2, -0.15) is 0 Å². The molecule has 0 aliphatic carbocycles. The van der Waals surface area contributed by atoms with Gasteiger partial charge in [-0.05, 0) is 50.0 Å². The number of halogens is 3. The second kappa shape index (κ2) is 5.57. The Morgan fingerprint density at radius 3 is 2.42 bits per heavy atom. The van der Waals surface area contributed by atoms with Gasteiger partial charge in [0, 0.05) is 13.6 Å². The first-order valence-corrected chi connectivity index (χ1v) is 8.63. The van der Waals surface area contributed by atoms with Crippen LogP contribution in [0.15, 0.2) is 56.8 Å². The van der Waals surface area contributed by atoms with Crippen molar-refractivity contribution in [3.05, 3.63) is 67.9 Å². The number of benzene rings is 2. The lowest BCUT2D eigenvalue weighted by molar-refractivity contribution is 1.16. The second-order valence-electron chi connectivity index (χ2n) is 4.19. The fraction of sp³-hybridized carbons (Fsp3) is 0.0667. The van der Waals surface area contributed by atoms with Gasteiger partial charge in [0.2, 0.25) is 0 Å². The maximum Gasteiger partial charge on any atom is 0.0860 e. The molecule has 0 bridgehead atoms. The summed E-state index contributed by atoms with van der Waals surface area (Å²) in [7, 11) is 0. The summed E-state index contributed by atoms with van der Waals surface area (Å²) >= 11 is 15.6. The van der Waals surface area contributed by atoms with E-state index in [-0.39, 0.29) is 5.38 Å². The predicted molar refractivity (Wildman–Crippen MR) is 91.4 cm³/mol. The molecule has 3 rings (SSSR count). The molecule has 96 valence electrons. The summed E-state index contributed by atoms with van der Waals surface area (Å²) in [5.41, 5.74) is 2.26. The highest BCUT2D eigenvalue weighted by Crippen LogP contribution is 2.41. The van der Waals surface area contributed by atoms with Crippen LogP contribution in [0.1, 0.15) is 16.5 Å². The largest absolute Gasteiger partial charge is 0.142 e. The molecule has 0 spiro atoms.